The second-order valence-electron chi connectivity index (χ2n) is 6.45. The van der Waals surface area contributed by atoms with Gasteiger partial charge in [0.25, 0.3) is 11.8 Å². The lowest BCUT2D eigenvalue weighted by Crippen LogP contribution is -2.34. The van der Waals surface area contributed by atoms with Crippen LogP contribution < -0.4 is 25.0 Å². The van der Waals surface area contributed by atoms with Crippen LogP contribution in [0.5, 0.6) is 17.2 Å². The second-order valence-corrected chi connectivity index (χ2v) is 6.45. The Morgan fingerprint density at radius 1 is 1.10 bits per heavy atom. The Morgan fingerprint density at radius 3 is 2.80 bits per heavy atom. The van der Waals surface area contributed by atoms with Crippen molar-refractivity contribution >= 4 is 28.8 Å². The van der Waals surface area contributed by atoms with Gasteiger partial charge in [-0.05, 0) is 35.0 Å². The minimum atomic E-state index is -0.459. The van der Waals surface area contributed by atoms with E-state index in [1.165, 1.54) is 6.21 Å². The normalized spacial score (nSPS) is 12.2. The summed E-state index contributed by atoms with van der Waals surface area (Å²) in [6.45, 7) is -0.0976. The van der Waals surface area contributed by atoms with Gasteiger partial charge in [-0.3, -0.25) is 9.59 Å². The minimum absolute atomic E-state index is 0.127. The highest BCUT2D eigenvalue weighted by molar-refractivity contribution is 6.03. The number of ether oxygens (including phenoxy) is 3. The molecule has 0 aliphatic carbocycles. The van der Waals surface area contributed by atoms with Gasteiger partial charge in [-0.25, -0.2) is 5.43 Å². The van der Waals surface area contributed by atoms with Crippen LogP contribution in [0.15, 0.2) is 59.7 Å². The molecule has 0 saturated carbocycles. The number of fused-ring (bicyclic) bond motifs is 2. The second kappa shape index (κ2) is 8.52. The zero-order chi connectivity index (χ0) is 20.9. The lowest BCUT2D eigenvalue weighted by atomic mass is 10.0. The Kier molecular flexibility index (Phi) is 5.47. The average molecular weight is 405 g/mol. The molecule has 0 bridgehead atoms. The van der Waals surface area contributed by atoms with E-state index in [0.29, 0.717) is 22.8 Å². The lowest BCUT2D eigenvalue weighted by molar-refractivity contribution is -0.120. The van der Waals surface area contributed by atoms with E-state index >= 15 is 0 Å². The number of hydrazone groups is 1. The number of carbonyl (C=O) groups is 2. The van der Waals surface area contributed by atoms with Crippen molar-refractivity contribution in [3.8, 4) is 17.2 Å². The average Bonchev–Trinajstić information content (AvgIpc) is 3.25. The molecule has 2 amide bonds. The maximum Gasteiger partial charge on any atom is 0.259 e. The third-order valence-electron chi connectivity index (χ3n) is 4.58. The van der Waals surface area contributed by atoms with Crippen molar-refractivity contribution in [3.63, 3.8) is 0 Å². The Labute approximate surface area is 172 Å². The van der Waals surface area contributed by atoms with E-state index < -0.39 is 11.8 Å². The number of methoxy groups -OCH3 is 1. The van der Waals surface area contributed by atoms with Crippen LogP contribution in [-0.2, 0) is 4.79 Å². The van der Waals surface area contributed by atoms with Gasteiger partial charge in [-0.15, -0.1) is 0 Å². The number of amides is 2. The predicted octanol–water partition coefficient (Wildman–Crippen LogP) is 2.46. The fourth-order valence-corrected chi connectivity index (χ4v) is 3.10. The number of nitrogens with one attached hydrogen (secondary N) is 2. The van der Waals surface area contributed by atoms with Gasteiger partial charge in [-0.1, -0.05) is 30.3 Å². The molecule has 8 heteroatoms. The molecule has 1 heterocycles. The number of hydrogen-bond acceptors (Lipinski definition) is 6. The lowest BCUT2D eigenvalue weighted by Gasteiger charge is -2.08. The van der Waals surface area contributed by atoms with E-state index in [4.69, 9.17) is 14.2 Å². The molecule has 8 nitrogen and oxygen atoms in total. The molecule has 4 rings (SSSR count). The van der Waals surface area contributed by atoms with E-state index in [2.05, 4.69) is 15.8 Å². The van der Waals surface area contributed by atoms with Crippen LogP contribution in [0.4, 0.5) is 0 Å². The zero-order valence-electron chi connectivity index (χ0n) is 16.2. The van der Waals surface area contributed by atoms with E-state index in [0.717, 1.165) is 16.3 Å². The number of hydrogen-bond donors (Lipinski definition) is 2. The molecule has 1 aliphatic rings. The van der Waals surface area contributed by atoms with Gasteiger partial charge >= 0.3 is 0 Å². The summed E-state index contributed by atoms with van der Waals surface area (Å²) < 4.78 is 15.9. The first-order valence-corrected chi connectivity index (χ1v) is 9.21. The highest BCUT2D eigenvalue weighted by Crippen LogP contribution is 2.32. The van der Waals surface area contributed by atoms with Gasteiger partial charge in [0.15, 0.2) is 11.5 Å². The molecule has 0 saturated heterocycles. The van der Waals surface area contributed by atoms with Crippen molar-refractivity contribution in [2.24, 2.45) is 5.10 Å². The maximum absolute atomic E-state index is 12.2. The molecule has 3 aromatic carbocycles. The van der Waals surface area contributed by atoms with Gasteiger partial charge in [0.05, 0.1) is 19.9 Å². The van der Waals surface area contributed by atoms with E-state index in [1.54, 1.807) is 25.3 Å². The summed E-state index contributed by atoms with van der Waals surface area (Å²) in [5, 5.41) is 8.53. The molecule has 2 N–H and O–H groups in total. The van der Waals surface area contributed by atoms with Gasteiger partial charge < -0.3 is 19.5 Å². The Bertz CT molecular complexity index is 1140. The molecule has 0 atom stereocenters. The van der Waals surface area contributed by atoms with Crippen LogP contribution in [0, 0.1) is 0 Å². The third kappa shape index (κ3) is 4.02. The number of rotatable bonds is 6. The summed E-state index contributed by atoms with van der Waals surface area (Å²) in [5.41, 5.74) is 3.53. The van der Waals surface area contributed by atoms with Crippen molar-refractivity contribution < 1.29 is 23.8 Å². The van der Waals surface area contributed by atoms with Crippen molar-refractivity contribution in [2.45, 2.75) is 0 Å². The summed E-state index contributed by atoms with van der Waals surface area (Å²) >= 11 is 0. The molecule has 0 radical (unpaired) electrons. The number of nitrogens with zero attached hydrogens (tertiary/aromatic N) is 1. The van der Waals surface area contributed by atoms with Gasteiger partial charge in [0, 0.05) is 11.1 Å². The first kappa shape index (κ1) is 19.3. The van der Waals surface area contributed by atoms with Crippen molar-refractivity contribution in [1.29, 1.82) is 0 Å². The Hall–Kier alpha value is -4.07. The summed E-state index contributed by atoms with van der Waals surface area (Å²) in [6, 6.07) is 16.4. The maximum atomic E-state index is 12.2. The SMILES string of the molecule is COc1ccc2ccccc2c1C=NNC(=O)CNC(=O)c1ccc2c(c1)OCO2. The first-order valence-electron chi connectivity index (χ1n) is 9.21. The van der Waals surface area contributed by atoms with Crippen molar-refractivity contribution in [1.82, 2.24) is 10.7 Å². The summed E-state index contributed by atoms with van der Waals surface area (Å²) in [5.74, 6) is 0.869. The van der Waals surface area contributed by atoms with Crippen LogP contribution in [0.3, 0.4) is 0 Å². The van der Waals surface area contributed by atoms with Crippen LogP contribution in [0.25, 0.3) is 10.8 Å². The fraction of sp³-hybridized carbons (Fsp3) is 0.136. The standard InChI is InChI=1S/C22H19N3O5/c1-28-18-8-6-14-4-2-3-5-16(14)17(18)11-24-25-21(26)12-23-22(27)15-7-9-19-20(10-15)30-13-29-19/h2-11H,12-13H2,1H3,(H,23,27)(H,25,26). The van der Waals surface area contributed by atoms with Gasteiger partial charge in [0.1, 0.15) is 5.75 Å². The molecular weight excluding hydrogens is 386 g/mol. The van der Waals surface area contributed by atoms with Crippen LogP contribution in [0.2, 0.25) is 0 Å². The first-order chi connectivity index (χ1) is 14.7. The third-order valence-corrected chi connectivity index (χ3v) is 4.58. The van der Waals surface area contributed by atoms with E-state index in [9.17, 15) is 9.59 Å². The van der Waals surface area contributed by atoms with Crippen molar-refractivity contribution in [3.05, 3.63) is 65.7 Å². The highest BCUT2D eigenvalue weighted by Gasteiger charge is 2.16. The largest absolute Gasteiger partial charge is 0.496 e. The summed E-state index contributed by atoms with van der Waals surface area (Å²) in [4.78, 5) is 24.3. The van der Waals surface area contributed by atoms with Crippen molar-refractivity contribution in [2.75, 3.05) is 20.4 Å². The molecule has 0 unspecified atom stereocenters. The summed E-state index contributed by atoms with van der Waals surface area (Å²) in [6.07, 6.45) is 1.53. The van der Waals surface area contributed by atoms with E-state index in [-0.39, 0.29) is 13.3 Å². The topological polar surface area (TPSA) is 98.2 Å². The monoisotopic (exact) mass is 405 g/mol. The zero-order valence-corrected chi connectivity index (χ0v) is 16.2. The van der Waals surface area contributed by atoms with Crippen LogP contribution in [0.1, 0.15) is 15.9 Å². The highest BCUT2D eigenvalue weighted by atomic mass is 16.7. The van der Waals surface area contributed by atoms with Gasteiger partial charge in [0.2, 0.25) is 6.79 Å². The Balaban J connectivity index is 1.37. The fourth-order valence-electron chi connectivity index (χ4n) is 3.10. The molecule has 0 fully saturated rings. The van der Waals surface area contributed by atoms with Crippen LogP contribution >= 0.6 is 0 Å². The number of carbonyl (C=O) groups excluding carboxylic acids is 2. The molecule has 30 heavy (non-hydrogen) atoms. The molecule has 0 spiro atoms. The number of benzene rings is 3. The minimum Gasteiger partial charge on any atom is -0.496 e. The molecule has 1 aliphatic heterocycles. The molecule has 0 aromatic heterocycles. The Morgan fingerprint density at radius 2 is 1.93 bits per heavy atom. The van der Waals surface area contributed by atoms with E-state index in [1.807, 2.05) is 36.4 Å². The van der Waals surface area contributed by atoms with Crippen LogP contribution in [-0.4, -0.2) is 38.5 Å². The summed E-state index contributed by atoms with van der Waals surface area (Å²) in [7, 11) is 1.58. The smallest absolute Gasteiger partial charge is 0.259 e. The quantitative estimate of drug-likeness (QED) is 0.485. The molecule has 152 valence electrons. The predicted molar refractivity (Wildman–Crippen MR) is 111 cm³/mol. The van der Waals surface area contributed by atoms with Gasteiger partial charge in [-0.2, -0.15) is 5.10 Å². The molecular formula is C22H19N3O5. The molecule has 3 aromatic rings.